The second kappa shape index (κ2) is 8.09. The van der Waals surface area contributed by atoms with Gasteiger partial charge in [-0.25, -0.2) is 0 Å². The summed E-state index contributed by atoms with van der Waals surface area (Å²) in [6, 6.07) is 7.91. The van der Waals surface area contributed by atoms with E-state index in [4.69, 9.17) is 10.5 Å². The third-order valence-electron chi connectivity index (χ3n) is 6.28. The lowest BCUT2D eigenvalue weighted by atomic mass is 9.78. The van der Waals surface area contributed by atoms with Gasteiger partial charge in [0.1, 0.15) is 5.00 Å². The van der Waals surface area contributed by atoms with E-state index in [1.54, 1.807) is 0 Å². The van der Waals surface area contributed by atoms with Crippen LogP contribution in [-0.4, -0.2) is 30.0 Å². The Bertz CT molecular complexity index is 1040. The highest BCUT2D eigenvalue weighted by molar-refractivity contribution is 7.17. The number of hydrogen-bond acceptors (Lipinski definition) is 6. The molecule has 4 atom stereocenters. The van der Waals surface area contributed by atoms with E-state index in [9.17, 15) is 19.5 Å². The molecule has 3 N–H and O–H groups in total. The smallest absolute Gasteiger partial charge is 0.252 e. The second-order valence-corrected chi connectivity index (χ2v) is 9.75. The number of carbonyl (C=O) groups excluding carboxylic acids is 3. The predicted octanol–water partition coefficient (Wildman–Crippen LogP) is 2.43. The topological polar surface area (TPSA) is 122 Å². The number of aliphatic carboxylic acids is 1. The molecule has 4 unspecified atom stereocenters. The van der Waals surface area contributed by atoms with Crippen LogP contribution in [0.3, 0.4) is 0 Å². The van der Waals surface area contributed by atoms with Gasteiger partial charge in [0.15, 0.2) is 0 Å². The number of carboxylic acid groups (broad SMARTS) is 1. The normalized spacial score (nSPS) is 24.5. The van der Waals surface area contributed by atoms with Gasteiger partial charge in [-0.3, -0.25) is 9.59 Å². The molecule has 1 aromatic heterocycles. The van der Waals surface area contributed by atoms with Crippen molar-refractivity contribution in [2.24, 2.45) is 17.6 Å². The zero-order valence-corrected chi connectivity index (χ0v) is 18.5. The van der Waals surface area contributed by atoms with Crippen LogP contribution in [0.15, 0.2) is 24.3 Å². The molecule has 0 spiro atoms. The van der Waals surface area contributed by atoms with Gasteiger partial charge in [0, 0.05) is 22.3 Å². The fourth-order valence-corrected chi connectivity index (χ4v) is 5.84. The van der Waals surface area contributed by atoms with Gasteiger partial charge in [0.05, 0.1) is 23.7 Å². The molecule has 164 valence electrons. The second-order valence-electron chi connectivity index (χ2n) is 8.53. The Morgan fingerprint density at radius 3 is 2.29 bits per heavy atom. The van der Waals surface area contributed by atoms with Gasteiger partial charge in [0.25, 0.3) is 5.91 Å². The molecule has 2 amide bonds. The van der Waals surface area contributed by atoms with Crippen LogP contribution in [0.1, 0.15) is 53.4 Å². The SMILES string of the molecule is Cc1sc(NC(=O)C2C3CCC(O3)C2C(=O)[O-])c(C(N)=O)c1-c1ccc(C(C)C)cc1. The molecule has 2 bridgehead atoms. The Hall–Kier alpha value is -2.71. The van der Waals surface area contributed by atoms with E-state index in [-0.39, 0.29) is 5.56 Å². The number of carboxylic acids is 1. The summed E-state index contributed by atoms with van der Waals surface area (Å²) in [5.41, 5.74) is 8.63. The maximum atomic E-state index is 13.0. The standard InChI is InChI=1S/C23H26N2O5S/c1-10(2)12-4-6-13(7-5-12)16-11(3)31-22(19(16)20(24)26)25-21(27)17-14-8-9-15(30-14)18(17)23(28)29/h4-7,10,14-15,17-18H,8-9H2,1-3H3,(H2,24,26)(H,25,27)(H,28,29)/p-1. The largest absolute Gasteiger partial charge is 0.550 e. The number of ether oxygens (including phenoxy) is 1. The summed E-state index contributed by atoms with van der Waals surface area (Å²) in [7, 11) is 0. The van der Waals surface area contributed by atoms with Gasteiger partial charge in [-0.05, 0) is 36.8 Å². The molecular formula is C23H25N2O5S-. The summed E-state index contributed by atoms with van der Waals surface area (Å²) in [5.74, 6) is -3.87. The van der Waals surface area contributed by atoms with Crippen LogP contribution < -0.4 is 16.2 Å². The van der Waals surface area contributed by atoms with Crippen LogP contribution >= 0.6 is 11.3 Å². The minimum Gasteiger partial charge on any atom is -0.550 e. The van der Waals surface area contributed by atoms with E-state index < -0.39 is 41.8 Å². The van der Waals surface area contributed by atoms with Crippen LogP contribution in [0.25, 0.3) is 11.1 Å². The number of nitrogens with two attached hydrogens (primary N) is 1. The van der Waals surface area contributed by atoms with E-state index in [1.807, 2.05) is 31.2 Å². The van der Waals surface area contributed by atoms with Crippen molar-refractivity contribution in [3.63, 3.8) is 0 Å². The third-order valence-corrected chi connectivity index (χ3v) is 7.30. The first-order chi connectivity index (χ1) is 14.7. The van der Waals surface area contributed by atoms with Gasteiger partial charge in [0.2, 0.25) is 5.91 Å². The number of benzene rings is 1. The summed E-state index contributed by atoms with van der Waals surface area (Å²) in [6.45, 7) is 6.07. The molecule has 31 heavy (non-hydrogen) atoms. The molecule has 8 heteroatoms. The number of anilines is 1. The number of rotatable bonds is 6. The molecule has 0 radical (unpaired) electrons. The van der Waals surface area contributed by atoms with Crippen molar-refractivity contribution >= 4 is 34.1 Å². The summed E-state index contributed by atoms with van der Waals surface area (Å²) >= 11 is 1.25. The molecule has 2 aliphatic heterocycles. The Morgan fingerprint density at radius 2 is 1.74 bits per heavy atom. The molecule has 4 rings (SSSR count). The molecule has 0 aliphatic carbocycles. The Morgan fingerprint density at radius 1 is 1.13 bits per heavy atom. The van der Waals surface area contributed by atoms with E-state index >= 15 is 0 Å². The summed E-state index contributed by atoms with van der Waals surface area (Å²) in [5, 5.41) is 14.7. The van der Waals surface area contributed by atoms with Crippen LogP contribution in [-0.2, 0) is 14.3 Å². The zero-order chi connectivity index (χ0) is 22.4. The van der Waals surface area contributed by atoms with Crippen molar-refractivity contribution in [2.75, 3.05) is 5.32 Å². The highest BCUT2D eigenvalue weighted by atomic mass is 32.1. The van der Waals surface area contributed by atoms with Gasteiger partial charge < -0.3 is 25.7 Å². The number of nitrogens with one attached hydrogen (secondary N) is 1. The van der Waals surface area contributed by atoms with Crippen molar-refractivity contribution in [3.8, 4) is 11.1 Å². The van der Waals surface area contributed by atoms with E-state index in [0.717, 1.165) is 10.4 Å². The molecule has 2 fully saturated rings. The average Bonchev–Trinajstić information content (AvgIpc) is 3.40. The third kappa shape index (κ3) is 3.74. The molecule has 7 nitrogen and oxygen atoms in total. The fourth-order valence-electron chi connectivity index (χ4n) is 4.76. The average molecular weight is 442 g/mol. The van der Waals surface area contributed by atoms with Crippen LogP contribution in [0.2, 0.25) is 0 Å². The first kappa shape index (κ1) is 21.5. The van der Waals surface area contributed by atoms with Gasteiger partial charge in [-0.2, -0.15) is 0 Å². The highest BCUT2D eigenvalue weighted by Gasteiger charge is 2.53. The maximum Gasteiger partial charge on any atom is 0.252 e. The first-order valence-corrected chi connectivity index (χ1v) is 11.2. The highest BCUT2D eigenvalue weighted by Crippen LogP contribution is 2.45. The number of thiophene rings is 1. The van der Waals surface area contributed by atoms with Crippen molar-refractivity contribution in [3.05, 3.63) is 40.3 Å². The van der Waals surface area contributed by atoms with E-state index in [2.05, 4.69) is 19.2 Å². The first-order valence-electron chi connectivity index (χ1n) is 10.4. The van der Waals surface area contributed by atoms with Gasteiger partial charge in [-0.15, -0.1) is 11.3 Å². The van der Waals surface area contributed by atoms with Crippen molar-refractivity contribution in [2.45, 2.75) is 51.7 Å². The van der Waals surface area contributed by atoms with Crippen molar-refractivity contribution < 1.29 is 24.2 Å². The molecule has 1 aromatic carbocycles. The summed E-state index contributed by atoms with van der Waals surface area (Å²) in [6.07, 6.45) is 0.288. The summed E-state index contributed by atoms with van der Waals surface area (Å²) in [4.78, 5) is 37.8. The Kier molecular flexibility index (Phi) is 5.61. The number of primary amides is 1. The quantitative estimate of drug-likeness (QED) is 0.713. The maximum absolute atomic E-state index is 13.0. The molecule has 2 saturated heterocycles. The van der Waals surface area contributed by atoms with E-state index in [0.29, 0.717) is 29.3 Å². The Labute approximate surface area is 184 Å². The number of fused-ring (bicyclic) bond motifs is 2. The lowest BCUT2D eigenvalue weighted by Gasteiger charge is -2.27. The predicted molar refractivity (Wildman–Crippen MR) is 116 cm³/mol. The summed E-state index contributed by atoms with van der Waals surface area (Å²) < 4.78 is 5.65. The lowest BCUT2D eigenvalue weighted by Crippen LogP contribution is -2.46. The Balaban J connectivity index is 1.67. The van der Waals surface area contributed by atoms with Crippen molar-refractivity contribution in [1.82, 2.24) is 0 Å². The lowest BCUT2D eigenvalue weighted by molar-refractivity contribution is -0.313. The zero-order valence-electron chi connectivity index (χ0n) is 17.6. The minimum absolute atomic E-state index is 0.238. The number of amides is 2. The van der Waals surface area contributed by atoms with Gasteiger partial charge in [-0.1, -0.05) is 38.1 Å². The van der Waals surface area contributed by atoms with Crippen LogP contribution in [0, 0.1) is 18.8 Å². The monoisotopic (exact) mass is 441 g/mol. The minimum atomic E-state index is -1.28. The van der Waals surface area contributed by atoms with Gasteiger partial charge >= 0.3 is 0 Å². The fraction of sp³-hybridized carbons (Fsp3) is 0.435. The molecule has 2 aliphatic rings. The number of carbonyl (C=O) groups is 3. The van der Waals surface area contributed by atoms with Crippen LogP contribution in [0.5, 0.6) is 0 Å². The van der Waals surface area contributed by atoms with Crippen LogP contribution in [0.4, 0.5) is 5.00 Å². The molecule has 3 heterocycles. The van der Waals surface area contributed by atoms with E-state index in [1.165, 1.54) is 16.9 Å². The molecule has 2 aromatic rings. The number of hydrogen-bond donors (Lipinski definition) is 2. The van der Waals surface area contributed by atoms with Crippen molar-refractivity contribution in [1.29, 1.82) is 0 Å². The molecule has 0 saturated carbocycles. The number of aryl methyl sites for hydroxylation is 1. The molecular weight excluding hydrogens is 416 g/mol.